The lowest BCUT2D eigenvalue weighted by molar-refractivity contribution is 0.0995. The highest BCUT2D eigenvalue weighted by Gasteiger charge is 2.19. The van der Waals surface area contributed by atoms with E-state index in [0.717, 1.165) is 5.76 Å². The first-order valence-electron chi connectivity index (χ1n) is 8.91. The van der Waals surface area contributed by atoms with Crippen molar-refractivity contribution in [3.05, 3.63) is 54.0 Å². The van der Waals surface area contributed by atoms with Gasteiger partial charge in [-0.05, 0) is 25.1 Å². The van der Waals surface area contributed by atoms with Crippen molar-refractivity contribution >= 4 is 23.3 Å². The summed E-state index contributed by atoms with van der Waals surface area (Å²) in [4.78, 5) is 32.4. The number of oxazole rings is 1. The summed E-state index contributed by atoms with van der Waals surface area (Å²) in [7, 11) is 3.20. The van der Waals surface area contributed by atoms with E-state index in [0.29, 0.717) is 17.9 Å². The van der Waals surface area contributed by atoms with Crippen LogP contribution in [0.15, 0.2) is 47.0 Å². The fraction of sp³-hybridized carbons (Fsp3) is 0.211. The van der Waals surface area contributed by atoms with Gasteiger partial charge in [0.2, 0.25) is 5.89 Å². The molecule has 3 rings (SSSR count). The van der Waals surface area contributed by atoms with Crippen LogP contribution in [0.4, 0.5) is 11.5 Å². The van der Waals surface area contributed by atoms with Crippen LogP contribution in [0.3, 0.4) is 0 Å². The van der Waals surface area contributed by atoms with Crippen molar-refractivity contribution in [2.45, 2.75) is 6.92 Å². The number of nitrogens with one attached hydrogen (secondary N) is 2. The van der Waals surface area contributed by atoms with Crippen LogP contribution >= 0.6 is 0 Å². The summed E-state index contributed by atoms with van der Waals surface area (Å²) >= 11 is 0. The zero-order chi connectivity index (χ0) is 21.7. The Balaban J connectivity index is 1.74. The molecule has 3 heterocycles. The molecule has 11 heteroatoms. The van der Waals surface area contributed by atoms with Gasteiger partial charge >= 0.3 is 0 Å². The maximum absolute atomic E-state index is 12.5. The largest absolute Gasteiger partial charge is 0.500 e. The Kier molecular flexibility index (Phi) is 6.11. The van der Waals surface area contributed by atoms with Crippen molar-refractivity contribution in [1.82, 2.24) is 19.7 Å². The number of pyridine rings is 1. The number of aromatic nitrogens is 4. The van der Waals surface area contributed by atoms with Crippen LogP contribution in [0.1, 0.15) is 27.9 Å². The molecule has 0 saturated heterocycles. The first kappa shape index (κ1) is 20.6. The van der Waals surface area contributed by atoms with E-state index < -0.39 is 11.8 Å². The molecular weight excluding hydrogens is 390 g/mol. The minimum absolute atomic E-state index is 0.0335. The lowest BCUT2D eigenvalue weighted by Gasteiger charge is -2.08. The van der Waals surface area contributed by atoms with Gasteiger partial charge in [0.15, 0.2) is 11.4 Å². The summed E-state index contributed by atoms with van der Waals surface area (Å²) in [6.07, 6.45) is 6.14. The lowest BCUT2D eigenvalue weighted by Crippen LogP contribution is -2.18. The van der Waals surface area contributed by atoms with Gasteiger partial charge in [0.25, 0.3) is 11.8 Å². The molecule has 0 aliphatic heterocycles. The molecule has 3 aromatic heterocycles. The topological polar surface area (TPSA) is 150 Å². The molecule has 0 aliphatic rings. The average molecular weight is 411 g/mol. The fourth-order valence-electron chi connectivity index (χ4n) is 2.59. The van der Waals surface area contributed by atoms with Gasteiger partial charge in [-0.15, -0.1) is 0 Å². The number of amides is 2. The molecule has 11 nitrogen and oxygen atoms in total. The third-order valence-electron chi connectivity index (χ3n) is 4.08. The van der Waals surface area contributed by atoms with E-state index in [2.05, 4.69) is 25.7 Å². The van der Waals surface area contributed by atoms with Crippen molar-refractivity contribution in [3.8, 4) is 11.5 Å². The normalized spacial score (nSPS) is 11.2. The minimum Gasteiger partial charge on any atom is -0.500 e. The van der Waals surface area contributed by atoms with Crippen molar-refractivity contribution in [2.75, 3.05) is 24.3 Å². The second-order valence-corrected chi connectivity index (χ2v) is 6.16. The molecular formula is C19H21N7O4. The van der Waals surface area contributed by atoms with Crippen molar-refractivity contribution in [1.29, 1.82) is 0 Å². The molecule has 3 aromatic rings. The summed E-state index contributed by atoms with van der Waals surface area (Å²) in [6.45, 7) is 2.34. The summed E-state index contributed by atoms with van der Waals surface area (Å²) in [5.41, 5.74) is 6.08. The van der Waals surface area contributed by atoms with E-state index in [1.807, 2.05) is 13.0 Å². The molecule has 4 N–H and O–H groups in total. The van der Waals surface area contributed by atoms with Crippen LogP contribution in [0.25, 0.3) is 11.5 Å². The summed E-state index contributed by atoms with van der Waals surface area (Å²) < 4.78 is 12.0. The number of carbonyl (C=O) groups excluding carboxylic acids is 2. The van der Waals surface area contributed by atoms with Gasteiger partial charge in [-0.3, -0.25) is 14.3 Å². The summed E-state index contributed by atoms with van der Waals surface area (Å²) in [6, 6.07) is 3.45. The Hall–Kier alpha value is -4.15. The first-order chi connectivity index (χ1) is 14.4. The molecule has 156 valence electrons. The van der Waals surface area contributed by atoms with Crippen LogP contribution in [0.5, 0.6) is 0 Å². The number of methoxy groups -OCH3 is 1. The van der Waals surface area contributed by atoms with Crippen molar-refractivity contribution < 1.29 is 18.7 Å². The molecule has 2 amide bonds. The number of primary amides is 1. The van der Waals surface area contributed by atoms with E-state index in [-0.39, 0.29) is 23.0 Å². The Morgan fingerprint density at radius 1 is 1.40 bits per heavy atom. The molecule has 0 radical (unpaired) electrons. The monoisotopic (exact) mass is 411 g/mol. The number of hydrogen-bond acceptors (Lipinski definition) is 8. The molecule has 0 unspecified atom stereocenters. The Labute approximate surface area is 171 Å². The van der Waals surface area contributed by atoms with Gasteiger partial charge in [-0.2, -0.15) is 5.10 Å². The maximum atomic E-state index is 12.5. The molecule has 0 saturated carbocycles. The number of nitrogens with two attached hydrogens (primary N) is 1. The first-order valence-corrected chi connectivity index (χ1v) is 8.91. The molecule has 0 aromatic carbocycles. The average Bonchev–Trinajstić information content (AvgIpc) is 3.36. The fourth-order valence-corrected chi connectivity index (χ4v) is 2.59. The predicted octanol–water partition coefficient (Wildman–Crippen LogP) is 1.78. The van der Waals surface area contributed by atoms with Crippen LogP contribution in [0.2, 0.25) is 0 Å². The molecule has 0 spiro atoms. The Bertz CT molecular complexity index is 1100. The summed E-state index contributed by atoms with van der Waals surface area (Å²) in [5.74, 6) is 0.284. The van der Waals surface area contributed by atoms with E-state index in [1.54, 1.807) is 32.5 Å². The lowest BCUT2D eigenvalue weighted by atomic mass is 10.2. The minimum atomic E-state index is -0.752. The number of rotatable bonds is 8. The zero-order valence-corrected chi connectivity index (χ0v) is 16.7. The third-order valence-corrected chi connectivity index (χ3v) is 4.08. The number of ether oxygens (including phenoxy) is 1. The second kappa shape index (κ2) is 8.90. The number of carbonyl (C=O) groups is 2. The number of aryl methyl sites for hydroxylation is 1. The standard InChI is InChI=1S/C19H21N7O4/c1-4-12(29-3)8-22-15-7-11(5-6-21-15)19-24-14(10-30-19)18(28)23-13-9-26(2)25-16(13)17(20)27/h4-7,9-10H,8H2,1-3H3,(H2,20,27)(H,21,22)(H,23,28)/b12-4-. The highest BCUT2D eigenvalue weighted by Crippen LogP contribution is 2.22. The van der Waals surface area contributed by atoms with Crippen molar-refractivity contribution in [2.24, 2.45) is 12.8 Å². The molecule has 30 heavy (non-hydrogen) atoms. The molecule has 0 aliphatic carbocycles. The summed E-state index contributed by atoms with van der Waals surface area (Å²) in [5, 5.41) is 9.61. The van der Waals surface area contributed by atoms with E-state index in [9.17, 15) is 9.59 Å². The van der Waals surface area contributed by atoms with Crippen LogP contribution in [-0.4, -0.2) is 45.2 Å². The number of allylic oxidation sites excluding steroid dienone is 1. The van der Waals surface area contributed by atoms with Crippen LogP contribution in [-0.2, 0) is 11.8 Å². The highest BCUT2D eigenvalue weighted by atomic mass is 16.5. The van der Waals surface area contributed by atoms with E-state index >= 15 is 0 Å². The van der Waals surface area contributed by atoms with E-state index in [4.69, 9.17) is 14.9 Å². The number of nitrogens with zero attached hydrogens (tertiary/aromatic N) is 4. The number of anilines is 2. The van der Waals surface area contributed by atoms with E-state index in [1.165, 1.54) is 17.1 Å². The quantitative estimate of drug-likeness (QED) is 0.475. The van der Waals surface area contributed by atoms with Gasteiger partial charge in [0, 0.05) is 25.0 Å². The van der Waals surface area contributed by atoms with Crippen molar-refractivity contribution in [3.63, 3.8) is 0 Å². The highest BCUT2D eigenvalue weighted by molar-refractivity contribution is 6.07. The second-order valence-electron chi connectivity index (χ2n) is 6.16. The van der Waals surface area contributed by atoms with Crippen LogP contribution in [0, 0.1) is 0 Å². The third kappa shape index (κ3) is 4.63. The van der Waals surface area contributed by atoms with Gasteiger partial charge in [-0.1, -0.05) is 0 Å². The number of hydrogen-bond donors (Lipinski definition) is 3. The Morgan fingerprint density at radius 2 is 2.20 bits per heavy atom. The van der Waals surface area contributed by atoms with Gasteiger partial charge in [-0.25, -0.2) is 9.97 Å². The van der Waals surface area contributed by atoms with Gasteiger partial charge < -0.3 is 25.5 Å². The van der Waals surface area contributed by atoms with Crippen LogP contribution < -0.4 is 16.4 Å². The van der Waals surface area contributed by atoms with Gasteiger partial charge in [0.1, 0.15) is 17.8 Å². The predicted molar refractivity (Wildman–Crippen MR) is 109 cm³/mol. The molecule has 0 fully saturated rings. The Morgan fingerprint density at radius 3 is 2.90 bits per heavy atom. The smallest absolute Gasteiger partial charge is 0.277 e. The SMILES string of the molecule is C/C=C(/CNc1cc(-c2nc(C(=O)Nc3cn(C)nc3C(N)=O)co2)ccn1)OC. The molecule has 0 atom stereocenters. The van der Waals surface area contributed by atoms with Gasteiger partial charge in [0.05, 0.1) is 19.3 Å². The molecule has 0 bridgehead atoms. The zero-order valence-electron chi connectivity index (χ0n) is 16.7. The maximum Gasteiger partial charge on any atom is 0.277 e.